The first-order valence-electron chi connectivity index (χ1n) is 11.1. The number of unbranched alkanes of at least 4 members (excludes halogenated alkanes) is 2. The molecular formula is C25H27N5O2S. The molecule has 0 aliphatic rings. The Hall–Kier alpha value is -3.52. The van der Waals surface area contributed by atoms with Gasteiger partial charge in [-0.3, -0.25) is 14.2 Å². The summed E-state index contributed by atoms with van der Waals surface area (Å²) in [5.41, 5.74) is 2.66. The summed E-state index contributed by atoms with van der Waals surface area (Å²) in [6, 6.07) is 17.1. The number of H-pyrrole nitrogens is 2. The standard InChI is InChI=1S/C25H27N5O2S/c1-17(23-26-16-21(28-23)18-10-4-2-5-11-18)27-22(31)14-6-3-9-15-30-24(32)19-12-7-8-13-20(19)29-25(30)33/h2,4-5,7-8,10-13,16-17H,3,6,9,14-15H2,1H3,(H,26,28)(H,27,31)(H,29,33). The van der Waals surface area contributed by atoms with Gasteiger partial charge in [-0.1, -0.05) is 48.9 Å². The Morgan fingerprint density at radius 3 is 2.64 bits per heavy atom. The Kier molecular flexibility index (Phi) is 7.14. The van der Waals surface area contributed by atoms with E-state index in [1.165, 1.54) is 0 Å². The number of hydrogen-bond acceptors (Lipinski definition) is 4. The van der Waals surface area contributed by atoms with Gasteiger partial charge in [-0.05, 0) is 49.7 Å². The average Bonchev–Trinajstić information content (AvgIpc) is 3.32. The molecule has 170 valence electrons. The van der Waals surface area contributed by atoms with Crippen molar-refractivity contribution in [1.82, 2.24) is 24.8 Å². The molecule has 4 rings (SSSR count). The molecule has 0 fully saturated rings. The van der Waals surface area contributed by atoms with Crippen LogP contribution in [0, 0.1) is 4.77 Å². The van der Waals surface area contributed by atoms with Crippen LogP contribution in [0.1, 0.15) is 44.5 Å². The number of aromatic nitrogens is 4. The molecule has 0 saturated carbocycles. The van der Waals surface area contributed by atoms with E-state index in [0.29, 0.717) is 23.1 Å². The third-order valence-electron chi connectivity index (χ3n) is 5.64. The van der Waals surface area contributed by atoms with Gasteiger partial charge in [0.1, 0.15) is 5.82 Å². The number of aromatic amines is 2. The predicted molar refractivity (Wildman–Crippen MR) is 132 cm³/mol. The summed E-state index contributed by atoms with van der Waals surface area (Å²) in [5.74, 6) is 0.715. The number of rotatable bonds is 9. The summed E-state index contributed by atoms with van der Waals surface area (Å²) in [4.78, 5) is 35.8. The van der Waals surface area contributed by atoms with Crippen LogP contribution in [0.5, 0.6) is 0 Å². The highest BCUT2D eigenvalue weighted by molar-refractivity contribution is 7.71. The minimum Gasteiger partial charge on any atom is -0.346 e. The number of carbonyl (C=O) groups is 1. The lowest BCUT2D eigenvalue weighted by Gasteiger charge is -2.12. The Morgan fingerprint density at radius 2 is 1.82 bits per heavy atom. The molecule has 1 amide bonds. The molecule has 1 atom stereocenters. The molecule has 0 bridgehead atoms. The van der Waals surface area contributed by atoms with Gasteiger partial charge in [0.15, 0.2) is 4.77 Å². The molecule has 0 radical (unpaired) electrons. The van der Waals surface area contributed by atoms with Crippen molar-refractivity contribution in [2.45, 2.75) is 45.2 Å². The zero-order chi connectivity index (χ0) is 23.2. The lowest BCUT2D eigenvalue weighted by atomic mass is 10.1. The van der Waals surface area contributed by atoms with E-state index in [1.807, 2.05) is 55.5 Å². The summed E-state index contributed by atoms with van der Waals surface area (Å²) < 4.78 is 2.03. The van der Waals surface area contributed by atoms with E-state index in [-0.39, 0.29) is 17.5 Å². The largest absolute Gasteiger partial charge is 0.346 e. The third-order valence-corrected chi connectivity index (χ3v) is 5.97. The van der Waals surface area contributed by atoms with Crippen molar-refractivity contribution in [2.24, 2.45) is 0 Å². The van der Waals surface area contributed by atoms with E-state index in [4.69, 9.17) is 12.2 Å². The Balaban J connectivity index is 1.23. The van der Waals surface area contributed by atoms with E-state index >= 15 is 0 Å². The maximum absolute atomic E-state index is 12.7. The van der Waals surface area contributed by atoms with Crippen molar-refractivity contribution in [3.8, 4) is 11.3 Å². The molecule has 0 spiro atoms. The molecule has 3 N–H and O–H groups in total. The molecule has 0 aliphatic carbocycles. The fourth-order valence-corrected chi connectivity index (χ4v) is 4.12. The lowest BCUT2D eigenvalue weighted by molar-refractivity contribution is -0.121. The summed E-state index contributed by atoms with van der Waals surface area (Å²) in [5, 5.41) is 3.63. The molecule has 4 aromatic rings. The number of hydrogen-bond donors (Lipinski definition) is 3. The van der Waals surface area contributed by atoms with Gasteiger partial charge in [-0.15, -0.1) is 0 Å². The van der Waals surface area contributed by atoms with Crippen molar-refractivity contribution in [2.75, 3.05) is 0 Å². The maximum Gasteiger partial charge on any atom is 0.262 e. The van der Waals surface area contributed by atoms with Gasteiger partial charge < -0.3 is 15.3 Å². The highest BCUT2D eigenvalue weighted by atomic mass is 32.1. The molecule has 0 saturated heterocycles. The third kappa shape index (κ3) is 5.46. The number of carbonyl (C=O) groups excluding carboxylic acids is 1. The van der Waals surface area contributed by atoms with Crippen molar-refractivity contribution in [3.05, 3.63) is 81.7 Å². The van der Waals surface area contributed by atoms with Gasteiger partial charge in [0.2, 0.25) is 5.91 Å². The van der Waals surface area contributed by atoms with Crippen LogP contribution in [-0.2, 0) is 11.3 Å². The molecule has 2 aromatic heterocycles. The van der Waals surface area contributed by atoms with E-state index in [1.54, 1.807) is 16.8 Å². The number of benzene rings is 2. The topological polar surface area (TPSA) is 95.6 Å². The van der Waals surface area contributed by atoms with Gasteiger partial charge in [0.05, 0.1) is 28.8 Å². The van der Waals surface area contributed by atoms with Crippen LogP contribution < -0.4 is 10.9 Å². The van der Waals surface area contributed by atoms with E-state index in [2.05, 4.69) is 20.3 Å². The highest BCUT2D eigenvalue weighted by Crippen LogP contribution is 2.19. The molecule has 1 unspecified atom stereocenters. The smallest absolute Gasteiger partial charge is 0.262 e. The number of imidazole rings is 1. The van der Waals surface area contributed by atoms with Crippen LogP contribution in [0.15, 0.2) is 65.6 Å². The fraction of sp³-hybridized carbons (Fsp3) is 0.280. The number of amides is 1. The van der Waals surface area contributed by atoms with Crippen LogP contribution in [0.25, 0.3) is 22.2 Å². The summed E-state index contributed by atoms with van der Waals surface area (Å²) in [6.45, 7) is 2.45. The Bertz CT molecular complexity index is 1360. The molecule has 7 nitrogen and oxygen atoms in total. The molecule has 33 heavy (non-hydrogen) atoms. The van der Waals surface area contributed by atoms with E-state index < -0.39 is 0 Å². The second-order valence-electron chi connectivity index (χ2n) is 8.08. The van der Waals surface area contributed by atoms with Crippen LogP contribution in [0.4, 0.5) is 0 Å². The second kappa shape index (κ2) is 10.4. The zero-order valence-corrected chi connectivity index (χ0v) is 19.3. The number of fused-ring (bicyclic) bond motifs is 1. The van der Waals surface area contributed by atoms with Crippen molar-refractivity contribution in [1.29, 1.82) is 0 Å². The van der Waals surface area contributed by atoms with Gasteiger partial charge in [-0.25, -0.2) is 4.98 Å². The van der Waals surface area contributed by atoms with Gasteiger partial charge in [0.25, 0.3) is 5.56 Å². The Morgan fingerprint density at radius 1 is 1.06 bits per heavy atom. The Labute approximate surface area is 196 Å². The summed E-state index contributed by atoms with van der Waals surface area (Å²) in [7, 11) is 0. The van der Waals surface area contributed by atoms with Crippen molar-refractivity contribution in [3.63, 3.8) is 0 Å². The van der Waals surface area contributed by atoms with Crippen LogP contribution >= 0.6 is 12.2 Å². The first-order valence-corrected chi connectivity index (χ1v) is 11.6. The van der Waals surface area contributed by atoms with Crippen LogP contribution in [0.2, 0.25) is 0 Å². The van der Waals surface area contributed by atoms with Gasteiger partial charge >= 0.3 is 0 Å². The van der Waals surface area contributed by atoms with Gasteiger partial charge in [-0.2, -0.15) is 0 Å². The molecule has 2 heterocycles. The van der Waals surface area contributed by atoms with Crippen molar-refractivity contribution >= 4 is 29.0 Å². The van der Waals surface area contributed by atoms with E-state index in [9.17, 15) is 9.59 Å². The zero-order valence-electron chi connectivity index (χ0n) is 18.5. The number of nitrogens with one attached hydrogen (secondary N) is 3. The maximum atomic E-state index is 12.7. The highest BCUT2D eigenvalue weighted by Gasteiger charge is 2.13. The first-order chi connectivity index (χ1) is 16.0. The fourth-order valence-electron chi connectivity index (χ4n) is 3.84. The average molecular weight is 462 g/mol. The lowest BCUT2D eigenvalue weighted by Crippen LogP contribution is -2.27. The quantitative estimate of drug-likeness (QED) is 0.244. The number of nitrogens with zero attached hydrogens (tertiary/aromatic N) is 2. The molecular weight excluding hydrogens is 434 g/mol. The van der Waals surface area contributed by atoms with Crippen molar-refractivity contribution < 1.29 is 4.79 Å². The SMILES string of the molecule is CC(NC(=O)CCCCCn1c(=S)[nH]c2ccccc2c1=O)c1ncc(-c2ccccc2)[nH]1. The second-order valence-corrected chi connectivity index (χ2v) is 8.47. The molecule has 2 aromatic carbocycles. The number of para-hydroxylation sites is 1. The van der Waals surface area contributed by atoms with Gasteiger partial charge in [0, 0.05) is 13.0 Å². The van der Waals surface area contributed by atoms with E-state index in [0.717, 1.165) is 41.9 Å². The summed E-state index contributed by atoms with van der Waals surface area (Å²) in [6.07, 6.45) is 4.56. The van der Waals surface area contributed by atoms with Crippen LogP contribution in [0.3, 0.4) is 0 Å². The summed E-state index contributed by atoms with van der Waals surface area (Å²) >= 11 is 5.35. The van der Waals surface area contributed by atoms with Crippen LogP contribution in [-0.4, -0.2) is 25.4 Å². The monoisotopic (exact) mass is 461 g/mol. The predicted octanol–water partition coefficient (Wildman–Crippen LogP) is 4.89. The molecule has 8 heteroatoms. The molecule has 0 aliphatic heterocycles. The minimum absolute atomic E-state index is 0.0136. The first kappa shape index (κ1) is 22.7. The minimum atomic E-state index is -0.204. The normalized spacial score (nSPS) is 12.0.